The van der Waals surface area contributed by atoms with Gasteiger partial charge in [-0.15, -0.1) is 0 Å². The van der Waals surface area contributed by atoms with Gasteiger partial charge >= 0.3 is 6.09 Å². The fourth-order valence-corrected chi connectivity index (χ4v) is 5.06. The van der Waals surface area contributed by atoms with Crippen molar-refractivity contribution in [2.75, 3.05) is 19.7 Å². The molecule has 1 aromatic heterocycles. The van der Waals surface area contributed by atoms with Gasteiger partial charge in [-0.2, -0.15) is 0 Å². The Kier molecular flexibility index (Phi) is 11.4. The zero-order valence-corrected chi connectivity index (χ0v) is 23.6. The molecule has 0 aliphatic carbocycles. The van der Waals surface area contributed by atoms with Crippen molar-refractivity contribution < 1.29 is 24.9 Å². The highest BCUT2D eigenvalue weighted by Crippen LogP contribution is 2.29. The third kappa shape index (κ3) is 8.83. The minimum absolute atomic E-state index is 0.0186. The molecule has 2 unspecified atom stereocenters. The van der Waals surface area contributed by atoms with Crippen LogP contribution in [0.1, 0.15) is 67.4 Å². The Labute approximate surface area is 245 Å². The van der Waals surface area contributed by atoms with Crippen molar-refractivity contribution in [3.05, 3.63) is 106 Å². The van der Waals surface area contributed by atoms with Crippen molar-refractivity contribution in [3.8, 4) is 11.5 Å². The molecule has 4 rings (SSSR count). The summed E-state index contributed by atoms with van der Waals surface area (Å²) < 4.78 is 5.96. The molecule has 0 radical (unpaired) electrons. The van der Waals surface area contributed by atoms with Crippen LogP contribution in [-0.4, -0.2) is 46.1 Å². The van der Waals surface area contributed by atoms with E-state index in [1.165, 1.54) is 12.1 Å². The maximum atomic E-state index is 11.6. The molecule has 4 aromatic rings. The van der Waals surface area contributed by atoms with Gasteiger partial charge in [0.05, 0.1) is 24.3 Å². The number of fused-ring (bicyclic) bond motifs is 1. The summed E-state index contributed by atoms with van der Waals surface area (Å²) in [6.45, 7) is 1.78. The Morgan fingerprint density at radius 1 is 0.857 bits per heavy atom. The van der Waals surface area contributed by atoms with E-state index in [4.69, 9.17) is 4.74 Å². The highest BCUT2D eigenvalue weighted by Gasteiger charge is 2.17. The summed E-state index contributed by atoms with van der Waals surface area (Å²) in [6.07, 6.45) is 4.51. The van der Waals surface area contributed by atoms with Crippen LogP contribution in [0.4, 0.5) is 4.79 Å². The number of aromatic nitrogens is 1. The number of aliphatic hydroxyl groups excluding tert-OH is 1. The first kappa shape index (κ1) is 30.6. The molecule has 0 saturated heterocycles. The van der Waals surface area contributed by atoms with Gasteiger partial charge in [-0.05, 0) is 60.3 Å². The summed E-state index contributed by atoms with van der Waals surface area (Å²) >= 11 is 0. The van der Waals surface area contributed by atoms with E-state index in [2.05, 4.69) is 15.6 Å². The summed E-state index contributed by atoms with van der Waals surface area (Å²) in [5, 5.41) is 36.5. The third-order valence-electron chi connectivity index (χ3n) is 7.21. The van der Waals surface area contributed by atoms with Crippen LogP contribution in [0.25, 0.3) is 10.9 Å². The minimum atomic E-state index is -1.08. The second kappa shape index (κ2) is 15.6. The molecule has 0 aliphatic rings. The van der Waals surface area contributed by atoms with Gasteiger partial charge in [0.25, 0.3) is 0 Å². The normalized spacial score (nSPS) is 12.6. The van der Waals surface area contributed by atoms with Crippen molar-refractivity contribution >= 4 is 17.0 Å². The highest BCUT2D eigenvalue weighted by atomic mass is 16.5. The fourth-order valence-electron chi connectivity index (χ4n) is 5.06. The third-order valence-corrected chi connectivity index (χ3v) is 7.21. The van der Waals surface area contributed by atoms with Crippen LogP contribution >= 0.6 is 0 Å². The van der Waals surface area contributed by atoms with Gasteiger partial charge in [0.1, 0.15) is 11.5 Å². The lowest BCUT2D eigenvalue weighted by Crippen LogP contribution is -2.27. The number of nitrogens with one attached hydrogen (secondary N) is 3. The van der Waals surface area contributed by atoms with Gasteiger partial charge in [0.15, 0.2) is 0 Å². The minimum Gasteiger partial charge on any atom is -0.506 e. The van der Waals surface area contributed by atoms with Crippen molar-refractivity contribution in [2.45, 2.75) is 50.7 Å². The van der Waals surface area contributed by atoms with Gasteiger partial charge in [-0.1, -0.05) is 74.2 Å². The lowest BCUT2D eigenvalue weighted by atomic mass is 9.98. The molecular weight excluding hydrogens is 534 g/mol. The van der Waals surface area contributed by atoms with E-state index >= 15 is 0 Å². The van der Waals surface area contributed by atoms with Gasteiger partial charge in [-0.3, -0.25) is 4.79 Å². The number of aromatic hydroxyl groups is 1. The Hall–Kier alpha value is -4.34. The Morgan fingerprint density at radius 2 is 1.60 bits per heavy atom. The van der Waals surface area contributed by atoms with Crippen molar-refractivity contribution in [3.63, 3.8) is 0 Å². The van der Waals surface area contributed by atoms with E-state index in [9.17, 15) is 24.9 Å². The Morgan fingerprint density at radius 3 is 2.38 bits per heavy atom. The van der Waals surface area contributed by atoms with E-state index < -0.39 is 18.2 Å². The Bertz CT molecular complexity index is 1490. The van der Waals surface area contributed by atoms with Crippen LogP contribution in [0, 0.1) is 0 Å². The van der Waals surface area contributed by atoms with E-state index in [0.717, 1.165) is 61.9 Å². The summed E-state index contributed by atoms with van der Waals surface area (Å²) in [5.74, 6) is 0.706. The zero-order chi connectivity index (χ0) is 29.7. The van der Waals surface area contributed by atoms with Crippen molar-refractivity contribution in [1.82, 2.24) is 15.6 Å². The first-order valence-electron chi connectivity index (χ1n) is 14.4. The average molecular weight is 574 g/mol. The van der Waals surface area contributed by atoms with E-state index in [1.807, 2.05) is 54.6 Å². The molecule has 0 bridgehead atoms. The van der Waals surface area contributed by atoms with Crippen LogP contribution in [0.3, 0.4) is 0 Å². The van der Waals surface area contributed by atoms with Crippen molar-refractivity contribution in [1.29, 1.82) is 0 Å². The van der Waals surface area contributed by atoms with Crippen LogP contribution in [0.5, 0.6) is 11.5 Å². The average Bonchev–Trinajstić information content (AvgIpc) is 2.99. The molecule has 3 aromatic carbocycles. The van der Waals surface area contributed by atoms with Gasteiger partial charge in [-0.25, -0.2) is 4.79 Å². The lowest BCUT2D eigenvalue weighted by Gasteiger charge is -2.19. The number of phenolic OH excluding ortho intramolecular Hbond substituents is 1. The zero-order valence-electron chi connectivity index (χ0n) is 23.6. The Balaban J connectivity index is 1.10. The molecule has 1 heterocycles. The number of rotatable bonds is 16. The summed E-state index contributed by atoms with van der Waals surface area (Å²) in [6, 6.07) is 22.7. The van der Waals surface area contributed by atoms with Crippen LogP contribution < -0.4 is 20.9 Å². The molecule has 9 heteroatoms. The number of H-pyrrole nitrogens is 1. The maximum Gasteiger partial charge on any atom is 0.405 e. The van der Waals surface area contributed by atoms with E-state index in [0.29, 0.717) is 29.6 Å². The number of carboxylic acid groups (broad SMARTS) is 1. The van der Waals surface area contributed by atoms with Gasteiger partial charge < -0.3 is 35.7 Å². The quantitative estimate of drug-likeness (QED) is 0.0953. The number of benzene rings is 3. The molecule has 2 atom stereocenters. The lowest BCUT2D eigenvalue weighted by molar-refractivity contribution is 0.176. The predicted molar refractivity (Wildman–Crippen MR) is 163 cm³/mol. The number of aromatic amines is 1. The molecule has 1 amide bonds. The van der Waals surface area contributed by atoms with Crippen LogP contribution in [-0.2, 0) is 0 Å². The molecule has 0 spiro atoms. The highest BCUT2D eigenvalue weighted by molar-refractivity contribution is 5.87. The number of unbranched alkanes of at least 4 members (excludes halogenated alkanes) is 5. The van der Waals surface area contributed by atoms with Gasteiger partial charge in [0.2, 0.25) is 5.56 Å². The number of carbonyl (C=O) groups is 1. The largest absolute Gasteiger partial charge is 0.506 e. The first-order valence-corrected chi connectivity index (χ1v) is 14.4. The van der Waals surface area contributed by atoms with Crippen LogP contribution in [0.2, 0.25) is 0 Å². The number of hydrogen-bond acceptors (Lipinski definition) is 6. The second-order valence-electron chi connectivity index (χ2n) is 10.3. The van der Waals surface area contributed by atoms with E-state index in [-0.39, 0.29) is 11.3 Å². The standard InChI is InChI=1S/C33H39N3O6/c37-28-17-15-26(27-16-18-30(39)35-32(27)28)29(38)22-34-19-8-3-1-2-4-9-20-42-25-14-10-13-24(21-25)31(36-33(40)41)23-11-6-5-7-12-23/h5-7,10-18,21,29,31,34,36-38H,1-4,8-9,19-20,22H2,(H,35,39)(H,40,41). The van der Waals surface area contributed by atoms with Gasteiger partial charge in [0, 0.05) is 18.0 Å². The number of aliphatic hydroxyl groups is 1. The SMILES string of the molecule is O=C(O)NC(c1ccccc1)c1cccc(OCCCCCCCCNCC(O)c2ccc(O)c3[nH]c(=O)ccc23)c1. The number of phenols is 1. The molecule has 0 saturated carbocycles. The second-order valence-corrected chi connectivity index (χ2v) is 10.3. The van der Waals surface area contributed by atoms with E-state index in [1.54, 1.807) is 12.1 Å². The summed E-state index contributed by atoms with van der Waals surface area (Å²) in [5.41, 5.74) is 2.39. The monoisotopic (exact) mass is 573 g/mol. The molecule has 0 fully saturated rings. The molecule has 6 N–H and O–H groups in total. The fraction of sp³-hybridized carbons (Fsp3) is 0.333. The number of amides is 1. The molecule has 9 nitrogen and oxygen atoms in total. The summed E-state index contributed by atoms with van der Waals surface area (Å²) in [7, 11) is 0. The smallest absolute Gasteiger partial charge is 0.405 e. The number of pyridine rings is 1. The van der Waals surface area contributed by atoms with Crippen molar-refractivity contribution in [2.24, 2.45) is 0 Å². The predicted octanol–water partition coefficient (Wildman–Crippen LogP) is 5.63. The number of ether oxygens (including phenoxy) is 1. The first-order chi connectivity index (χ1) is 20.4. The molecular formula is C33H39N3O6. The molecule has 0 aliphatic heterocycles. The van der Waals surface area contributed by atoms with Crippen LogP contribution in [0.15, 0.2) is 83.7 Å². The molecule has 42 heavy (non-hydrogen) atoms. The topological polar surface area (TPSA) is 144 Å². The number of hydrogen-bond donors (Lipinski definition) is 6. The summed E-state index contributed by atoms with van der Waals surface area (Å²) in [4.78, 5) is 25.6. The maximum absolute atomic E-state index is 11.6. The molecule has 222 valence electrons.